The molecule has 0 aliphatic carbocycles. The van der Waals surface area contributed by atoms with Gasteiger partial charge in [0.25, 0.3) is 0 Å². The summed E-state index contributed by atoms with van der Waals surface area (Å²) in [6.07, 6.45) is 1.49. The normalized spacial score (nSPS) is 17.4. The van der Waals surface area contributed by atoms with E-state index in [1.807, 2.05) is 26.0 Å². The number of rotatable bonds is 6. The lowest BCUT2D eigenvalue weighted by Crippen LogP contribution is -2.49. The van der Waals surface area contributed by atoms with E-state index in [1.165, 1.54) is 11.9 Å². The first kappa shape index (κ1) is 18.2. The lowest BCUT2D eigenvalue weighted by Gasteiger charge is -2.37. The van der Waals surface area contributed by atoms with Crippen molar-refractivity contribution in [3.05, 3.63) is 41.2 Å². The van der Waals surface area contributed by atoms with Crippen LogP contribution in [0.1, 0.15) is 13.8 Å². The SMILES string of the molecule is CC(C)(NSN1CCN(c2ccc(Cl)cc2)CC1)/C(=C/N)NN. The standard InChI is InChI=1S/C15H25ClN6S/c1-15(2,14(11-17)19-18)20-23-22-9-7-21(8-10-22)13-5-3-12(16)4-6-13/h3-6,11,19-20H,7-10,17-18H2,1-2H3/b14-11-. The molecule has 0 aromatic heterocycles. The first-order valence-corrected chi connectivity index (χ1v) is 8.70. The Morgan fingerprint density at radius 2 is 1.83 bits per heavy atom. The lowest BCUT2D eigenvalue weighted by atomic mass is 10.0. The van der Waals surface area contributed by atoms with Crippen molar-refractivity contribution in [2.45, 2.75) is 19.4 Å². The molecule has 1 aromatic rings. The number of nitrogens with one attached hydrogen (secondary N) is 2. The van der Waals surface area contributed by atoms with Gasteiger partial charge in [-0.05, 0) is 38.1 Å². The van der Waals surface area contributed by atoms with Gasteiger partial charge in [0, 0.05) is 55.2 Å². The van der Waals surface area contributed by atoms with Crippen LogP contribution in [0, 0.1) is 0 Å². The average molecular weight is 357 g/mol. The molecule has 23 heavy (non-hydrogen) atoms. The van der Waals surface area contributed by atoms with E-state index in [9.17, 15) is 0 Å². The zero-order valence-electron chi connectivity index (χ0n) is 13.6. The summed E-state index contributed by atoms with van der Waals surface area (Å²) in [6, 6.07) is 8.00. The number of anilines is 1. The van der Waals surface area contributed by atoms with E-state index < -0.39 is 0 Å². The summed E-state index contributed by atoms with van der Waals surface area (Å²) in [5, 5.41) is 0.770. The fourth-order valence-electron chi connectivity index (χ4n) is 2.36. The smallest absolute Gasteiger partial charge is 0.0661 e. The van der Waals surface area contributed by atoms with E-state index in [0.29, 0.717) is 0 Å². The van der Waals surface area contributed by atoms with Crippen molar-refractivity contribution in [2.24, 2.45) is 11.6 Å². The molecule has 128 valence electrons. The van der Waals surface area contributed by atoms with Crippen molar-refractivity contribution >= 4 is 29.4 Å². The maximum Gasteiger partial charge on any atom is 0.0661 e. The number of hydrazine groups is 1. The molecule has 0 bridgehead atoms. The van der Waals surface area contributed by atoms with Crippen LogP contribution in [0.15, 0.2) is 36.2 Å². The lowest BCUT2D eigenvalue weighted by molar-refractivity contribution is 0.418. The molecule has 6 N–H and O–H groups in total. The quantitative estimate of drug-likeness (QED) is 0.350. The second-order valence-corrected chi connectivity index (χ2v) is 7.28. The molecule has 1 aromatic carbocycles. The van der Waals surface area contributed by atoms with Gasteiger partial charge in [-0.15, -0.1) is 0 Å². The Morgan fingerprint density at radius 3 is 2.35 bits per heavy atom. The molecule has 0 radical (unpaired) electrons. The van der Waals surface area contributed by atoms with Crippen LogP contribution in [0.3, 0.4) is 0 Å². The van der Waals surface area contributed by atoms with Gasteiger partial charge in [0.15, 0.2) is 0 Å². The number of hydrogen-bond acceptors (Lipinski definition) is 7. The molecule has 1 saturated heterocycles. The summed E-state index contributed by atoms with van der Waals surface area (Å²) in [4.78, 5) is 2.37. The molecule has 1 heterocycles. The van der Waals surface area contributed by atoms with E-state index in [-0.39, 0.29) is 5.54 Å². The summed E-state index contributed by atoms with van der Waals surface area (Å²) in [5.74, 6) is 5.49. The Bertz CT molecular complexity index is 525. The first-order chi connectivity index (χ1) is 11.0. The number of hydrogen-bond donors (Lipinski definition) is 4. The number of nitrogens with zero attached hydrogens (tertiary/aromatic N) is 2. The van der Waals surface area contributed by atoms with Crippen LogP contribution in [0.4, 0.5) is 5.69 Å². The minimum absolute atomic E-state index is 0.332. The molecular weight excluding hydrogens is 332 g/mol. The highest BCUT2D eigenvalue weighted by atomic mass is 35.5. The van der Waals surface area contributed by atoms with E-state index in [2.05, 4.69) is 31.5 Å². The predicted octanol–water partition coefficient (Wildman–Crippen LogP) is 1.66. The van der Waals surface area contributed by atoms with Gasteiger partial charge < -0.3 is 16.1 Å². The number of nitrogens with two attached hydrogens (primary N) is 2. The van der Waals surface area contributed by atoms with Crippen molar-refractivity contribution < 1.29 is 0 Å². The monoisotopic (exact) mass is 356 g/mol. The van der Waals surface area contributed by atoms with E-state index in [0.717, 1.165) is 36.9 Å². The topological polar surface area (TPSA) is 82.6 Å². The molecule has 1 aliphatic rings. The van der Waals surface area contributed by atoms with Crippen molar-refractivity contribution in [1.82, 2.24) is 14.5 Å². The first-order valence-electron chi connectivity index (χ1n) is 7.55. The van der Waals surface area contributed by atoms with Crippen LogP contribution in [0.25, 0.3) is 0 Å². The predicted molar refractivity (Wildman–Crippen MR) is 99.6 cm³/mol. The maximum absolute atomic E-state index is 5.94. The Labute approximate surface area is 147 Å². The third-order valence-corrected chi connectivity index (χ3v) is 5.33. The Hall–Kier alpha value is -1.12. The molecule has 0 saturated carbocycles. The van der Waals surface area contributed by atoms with Crippen LogP contribution in [0.2, 0.25) is 5.02 Å². The van der Waals surface area contributed by atoms with Crippen molar-refractivity contribution in [2.75, 3.05) is 31.1 Å². The largest absolute Gasteiger partial charge is 0.403 e. The zero-order chi connectivity index (χ0) is 16.9. The Balaban J connectivity index is 1.82. The molecular formula is C15H25ClN6S. The number of piperazine rings is 1. The van der Waals surface area contributed by atoms with Crippen LogP contribution >= 0.6 is 23.7 Å². The van der Waals surface area contributed by atoms with Crippen molar-refractivity contribution in [3.8, 4) is 0 Å². The van der Waals surface area contributed by atoms with E-state index >= 15 is 0 Å². The fraction of sp³-hybridized carbons (Fsp3) is 0.467. The molecule has 0 atom stereocenters. The minimum atomic E-state index is -0.332. The molecule has 2 rings (SSSR count). The highest BCUT2D eigenvalue weighted by molar-refractivity contribution is 7.95. The van der Waals surface area contributed by atoms with Crippen LogP contribution in [-0.2, 0) is 0 Å². The fourth-order valence-corrected chi connectivity index (χ4v) is 3.30. The van der Waals surface area contributed by atoms with Crippen molar-refractivity contribution in [1.29, 1.82) is 0 Å². The van der Waals surface area contributed by atoms with Gasteiger partial charge >= 0.3 is 0 Å². The molecule has 1 fully saturated rings. The highest BCUT2D eigenvalue weighted by Crippen LogP contribution is 2.23. The third-order valence-electron chi connectivity index (χ3n) is 3.86. The van der Waals surface area contributed by atoms with E-state index in [1.54, 1.807) is 12.1 Å². The summed E-state index contributed by atoms with van der Waals surface area (Å²) >= 11 is 7.55. The van der Waals surface area contributed by atoms with Gasteiger partial charge in [-0.25, -0.2) is 9.03 Å². The summed E-state index contributed by atoms with van der Waals surface area (Å²) in [6.45, 7) is 7.95. The highest BCUT2D eigenvalue weighted by Gasteiger charge is 2.25. The van der Waals surface area contributed by atoms with Gasteiger partial charge in [0.2, 0.25) is 0 Å². The molecule has 0 amide bonds. The second kappa shape index (κ2) is 8.12. The van der Waals surface area contributed by atoms with Gasteiger partial charge in [0.1, 0.15) is 0 Å². The van der Waals surface area contributed by atoms with Crippen molar-refractivity contribution in [3.63, 3.8) is 0 Å². The second-order valence-electron chi connectivity index (χ2n) is 5.94. The van der Waals surface area contributed by atoms with Gasteiger partial charge in [-0.1, -0.05) is 11.6 Å². The number of benzene rings is 1. The summed E-state index contributed by atoms with van der Waals surface area (Å²) in [5.41, 5.74) is 9.86. The average Bonchev–Trinajstić information content (AvgIpc) is 2.55. The zero-order valence-corrected chi connectivity index (χ0v) is 15.1. The third kappa shape index (κ3) is 4.92. The summed E-state index contributed by atoms with van der Waals surface area (Å²) < 4.78 is 5.71. The molecule has 1 aliphatic heterocycles. The molecule has 0 unspecified atom stereocenters. The molecule has 6 nitrogen and oxygen atoms in total. The van der Waals surface area contributed by atoms with Gasteiger partial charge in [-0.2, -0.15) is 0 Å². The minimum Gasteiger partial charge on any atom is -0.403 e. The Kier molecular flexibility index (Phi) is 6.43. The van der Waals surface area contributed by atoms with E-state index in [4.69, 9.17) is 23.2 Å². The maximum atomic E-state index is 5.94. The van der Waals surface area contributed by atoms with Gasteiger partial charge in [0.05, 0.1) is 11.2 Å². The number of halogens is 1. The van der Waals surface area contributed by atoms with Crippen LogP contribution in [0.5, 0.6) is 0 Å². The van der Waals surface area contributed by atoms with Crippen LogP contribution < -0.4 is 26.6 Å². The van der Waals surface area contributed by atoms with Gasteiger partial charge in [-0.3, -0.25) is 5.84 Å². The molecule has 8 heteroatoms. The Morgan fingerprint density at radius 1 is 1.22 bits per heavy atom. The summed E-state index contributed by atoms with van der Waals surface area (Å²) in [7, 11) is 0. The van der Waals surface area contributed by atoms with Crippen LogP contribution in [-0.4, -0.2) is 36.0 Å². The molecule has 0 spiro atoms.